The molecule has 0 aliphatic heterocycles. The molecule has 0 fully saturated rings. The van der Waals surface area contributed by atoms with Crippen molar-refractivity contribution in [2.75, 3.05) is 13.1 Å². The molecular weight excluding hydrogens is 258 g/mol. The summed E-state index contributed by atoms with van der Waals surface area (Å²) < 4.78 is 2.07. The molecular formula is C18H27N3. The largest absolute Gasteiger partial charge is 0.317 e. The SMILES string of the molecule is CCNCC(C)Cc1c(C)nn(-c2ccc(C)cc2)c1C. The van der Waals surface area contributed by atoms with Crippen molar-refractivity contribution in [1.82, 2.24) is 15.1 Å². The minimum Gasteiger partial charge on any atom is -0.317 e. The van der Waals surface area contributed by atoms with Crippen LogP contribution in [-0.4, -0.2) is 22.9 Å². The van der Waals surface area contributed by atoms with Gasteiger partial charge in [-0.3, -0.25) is 0 Å². The summed E-state index contributed by atoms with van der Waals surface area (Å²) in [5.74, 6) is 0.623. The van der Waals surface area contributed by atoms with E-state index in [1.807, 2.05) is 0 Å². The molecule has 0 aliphatic carbocycles. The van der Waals surface area contributed by atoms with Crippen molar-refractivity contribution >= 4 is 0 Å². The maximum absolute atomic E-state index is 4.74. The Labute approximate surface area is 128 Å². The van der Waals surface area contributed by atoms with E-state index in [0.29, 0.717) is 5.92 Å². The first-order valence-corrected chi connectivity index (χ1v) is 7.85. The van der Waals surface area contributed by atoms with Crippen LogP contribution in [0.2, 0.25) is 0 Å². The predicted molar refractivity (Wildman–Crippen MR) is 89.2 cm³/mol. The third-order valence-electron chi connectivity index (χ3n) is 4.02. The molecule has 0 saturated carbocycles. The fraction of sp³-hybridized carbons (Fsp3) is 0.500. The zero-order valence-electron chi connectivity index (χ0n) is 13.9. The monoisotopic (exact) mass is 285 g/mol. The van der Waals surface area contributed by atoms with Gasteiger partial charge >= 0.3 is 0 Å². The van der Waals surface area contributed by atoms with Crippen molar-refractivity contribution in [3.63, 3.8) is 0 Å². The van der Waals surface area contributed by atoms with Crippen molar-refractivity contribution in [2.45, 2.75) is 41.0 Å². The number of rotatable bonds is 6. The van der Waals surface area contributed by atoms with E-state index in [-0.39, 0.29) is 0 Å². The zero-order chi connectivity index (χ0) is 15.4. The Morgan fingerprint density at radius 2 is 1.81 bits per heavy atom. The van der Waals surface area contributed by atoms with E-state index in [1.54, 1.807) is 0 Å². The minimum atomic E-state index is 0.623. The van der Waals surface area contributed by atoms with Gasteiger partial charge in [-0.25, -0.2) is 4.68 Å². The highest BCUT2D eigenvalue weighted by molar-refractivity contribution is 5.38. The van der Waals surface area contributed by atoms with Crippen LogP contribution >= 0.6 is 0 Å². The van der Waals surface area contributed by atoms with Crippen LogP contribution in [0.1, 0.15) is 36.4 Å². The standard InChI is InChI=1S/C18H27N3/c1-6-19-12-14(3)11-18-15(4)20-21(16(18)5)17-9-7-13(2)8-10-17/h7-10,14,19H,6,11-12H2,1-5H3. The summed E-state index contributed by atoms with van der Waals surface area (Å²) >= 11 is 0. The highest BCUT2D eigenvalue weighted by Gasteiger charge is 2.15. The lowest BCUT2D eigenvalue weighted by Gasteiger charge is -2.12. The van der Waals surface area contributed by atoms with Crippen molar-refractivity contribution in [2.24, 2.45) is 5.92 Å². The van der Waals surface area contributed by atoms with Gasteiger partial charge in [-0.05, 0) is 63.9 Å². The van der Waals surface area contributed by atoms with E-state index >= 15 is 0 Å². The number of hydrogen-bond donors (Lipinski definition) is 1. The first-order chi connectivity index (χ1) is 10.0. The Bertz CT molecular complexity index is 581. The van der Waals surface area contributed by atoms with Gasteiger partial charge in [0.05, 0.1) is 11.4 Å². The molecule has 3 heteroatoms. The summed E-state index contributed by atoms with van der Waals surface area (Å²) in [6, 6.07) is 8.56. The highest BCUT2D eigenvalue weighted by atomic mass is 15.3. The molecule has 1 N–H and O–H groups in total. The number of benzene rings is 1. The fourth-order valence-electron chi connectivity index (χ4n) is 2.72. The molecule has 2 rings (SSSR count). The second kappa shape index (κ2) is 6.90. The quantitative estimate of drug-likeness (QED) is 0.879. The molecule has 21 heavy (non-hydrogen) atoms. The second-order valence-corrected chi connectivity index (χ2v) is 6.01. The van der Waals surface area contributed by atoms with Crippen LogP contribution in [0.15, 0.2) is 24.3 Å². The first-order valence-electron chi connectivity index (χ1n) is 7.85. The van der Waals surface area contributed by atoms with E-state index in [0.717, 1.165) is 30.9 Å². The lowest BCUT2D eigenvalue weighted by atomic mass is 9.99. The van der Waals surface area contributed by atoms with Gasteiger partial charge in [0.2, 0.25) is 0 Å². The van der Waals surface area contributed by atoms with Gasteiger partial charge in [-0.15, -0.1) is 0 Å². The van der Waals surface area contributed by atoms with E-state index in [2.05, 4.69) is 68.9 Å². The minimum absolute atomic E-state index is 0.623. The molecule has 1 aromatic heterocycles. The van der Waals surface area contributed by atoms with Crippen LogP contribution in [0.5, 0.6) is 0 Å². The van der Waals surface area contributed by atoms with Gasteiger partial charge in [-0.1, -0.05) is 31.5 Å². The van der Waals surface area contributed by atoms with Crippen molar-refractivity contribution in [1.29, 1.82) is 0 Å². The fourth-order valence-corrected chi connectivity index (χ4v) is 2.72. The molecule has 0 amide bonds. The topological polar surface area (TPSA) is 29.9 Å². The summed E-state index contributed by atoms with van der Waals surface area (Å²) in [7, 11) is 0. The molecule has 0 spiro atoms. The lowest BCUT2D eigenvalue weighted by molar-refractivity contribution is 0.519. The van der Waals surface area contributed by atoms with Crippen LogP contribution < -0.4 is 5.32 Å². The summed E-state index contributed by atoms with van der Waals surface area (Å²) in [5.41, 5.74) is 6.23. The van der Waals surface area contributed by atoms with Crippen LogP contribution in [0.25, 0.3) is 5.69 Å². The Hall–Kier alpha value is -1.61. The maximum Gasteiger partial charge on any atom is 0.0649 e. The smallest absolute Gasteiger partial charge is 0.0649 e. The summed E-state index contributed by atoms with van der Waals surface area (Å²) in [4.78, 5) is 0. The second-order valence-electron chi connectivity index (χ2n) is 6.01. The highest BCUT2D eigenvalue weighted by Crippen LogP contribution is 2.21. The summed E-state index contributed by atoms with van der Waals surface area (Å²) in [5, 5.41) is 8.16. The van der Waals surface area contributed by atoms with E-state index in [9.17, 15) is 0 Å². The number of aryl methyl sites for hydroxylation is 2. The zero-order valence-corrected chi connectivity index (χ0v) is 13.9. The van der Waals surface area contributed by atoms with Crippen molar-refractivity contribution < 1.29 is 0 Å². The summed E-state index contributed by atoms with van der Waals surface area (Å²) in [6.07, 6.45) is 1.08. The van der Waals surface area contributed by atoms with E-state index in [4.69, 9.17) is 5.10 Å². The van der Waals surface area contributed by atoms with Gasteiger partial charge in [0.15, 0.2) is 0 Å². The number of hydrogen-bond acceptors (Lipinski definition) is 2. The van der Waals surface area contributed by atoms with Gasteiger partial charge in [0.1, 0.15) is 0 Å². The molecule has 0 bridgehead atoms. The van der Waals surface area contributed by atoms with Crippen molar-refractivity contribution in [3.8, 4) is 5.69 Å². The molecule has 0 aliphatic rings. The van der Waals surface area contributed by atoms with E-state index < -0.39 is 0 Å². The predicted octanol–water partition coefficient (Wildman–Crippen LogP) is 3.59. The average Bonchev–Trinajstić information content (AvgIpc) is 2.74. The molecule has 1 heterocycles. The normalized spacial score (nSPS) is 12.6. The molecule has 1 atom stereocenters. The molecule has 114 valence electrons. The molecule has 3 nitrogen and oxygen atoms in total. The van der Waals surface area contributed by atoms with Gasteiger partial charge < -0.3 is 5.32 Å². The Balaban J connectivity index is 2.23. The third-order valence-corrected chi connectivity index (χ3v) is 4.02. The maximum atomic E-state index is 4.74. The first kappa shape index (κ1) is 15.8. The van der Waals surface area contributed by atoms with Gasteiger partial charge in [-0.2, -0.15) is 5.10 Å². The number of aromatic nitrogens is 2. The Morgan fingerprint density at radius 1 is 1.14 bits per heavy atom. The number of nitrogens with zero attached hydrogens (tertiary/aromatic N) is 2. The molecule has 1 unspecified atom stereocenters. The molecule has 2 aromatic rings. The Kier molecular flexibility index (Phi) is 5.18. The van der Waals surface area contributed by atoms with Crippen LogP contribution in [0.4, 0.5) is 0 Å². The number of nitrogens with one attached hydrogen (secondary N) is 1. The van der Waals surface area contributed by atoms with Crippen LogP contribution in [0, 0.1) is 26.7 Å². The van der Waals surface area contributed by atoms with Gasteiger partial charge in [0, 0.05) is 5.69 Å². The molecule has 0 radical (unpaired) electrons. The Morgan fingerprint density at radius 3 is 2.43 bits per heavy atom. The van der Waals surface area contributed by atoms with Crippen LogP contribution in [0.3, 0.4) is 0 Å². The molecule has 0 saturated heterocycles. The van der Waals surface area contributed by atoms with Crippen molar-refractivity contribution in [3.05, 3.63) is 46.8 Å². The third kappa shape index (κ3) is 3.73. The lowest BCUT2D eigenvalue weighted by Crippen LogP contribution is -2.22. The van der Waals surface area contributed by atoms with Crippen LogP contribution in [-0.2, 0) is 6.42 Å². The summed E-state index contributed by atoms with van der Waals surface area (Å²) in [6.45, 7) is 12.9. The average molecular weight is 285 g/mol. The molecule has 1 aromatic carbocycles. The van der Waals surface area contributed by atoms with E-state index in [1.165, 1.54) is 16.8 Å². The van der Waals surface area contributed by atoms with Gasteiger partial charge in [0.25, 0.3) is 0 Å².